The second kappa shape index (κ2) is 7.14. The predicted molar refractivity (Wildman–Crippen MR) is 117 cm³/mol. The molecule has 0 spiro atoms. The zero-order valence-electron chi connectivity index (χ0n) is 15.2. The van der Waals surface area contributed by atoms with Crippen molar-refractivity contribution in [3.05, 3.63) is 82.4 Å². The molecular weight excluding hydrogens is 411 g/mol. The highest BCUT2D eigenvalue weighted by atomic mass is 35.5. The third-order valence-corrected chi connectivity index (χ3v) is 6.77. The van der Waals surface area contributed by atoms with Crippen molar-refractivity contribution in [3.8, 4) is 5.69 Å². The minimum absolute atomic E-state index is 0.0454. The van der Waals surface area contributed by atoms with Crippen molar-refractivity contribution < 1.29 is 0 Å². The number of halogens is 2. The average Bonchev–Trinajstić information content (AvgIpc) is 3.36. The van der Waals surface area contributed by atoms with E-state index >= 15 is 0 Å². The summed E-state index contributed by atoms with van der Waals surface area (Å²) in [4.78, 5) is 12.1. The van der Waals surface area contributed by atoms with Crippen LogP contribution in [-0.2, 0) is 0 Å². The van der Waals surface area contributed by atoms with Gasteiger partial charge in [-0.3, -0.25) is 9.98 Å². The lowest BCUT2D eigenvalue weighted by Crippen LogP contribution is -2.30. The Morgan fingerprint density at radius 3 is 2.79 bits per heavy atom. The number of hydrogen-bond acceptors (Lipinski definition) is 4. The SMILES string of the molecule is C[C@H]1CN2C(=N[C@@H](c3ccccn3)[C@@H]2c2cccn2-c2ccc(Cl)cc2Cl)S1. The lowest BCUT2D eigenvalue weighted by atomic mass is 10.0. The van der Waals surface area contributed by atoms with E-state index < -0.39 is 0 Å². The summed E-state index contributed by atoms with van der Waals surface area (Å²) >= 11 is 14.5. The van der Waals surface area contributed by atoms with E-state index in [9.17, 15) is 0 Å². The maximum atomic E-state index is 6.52. The zero-order valence-corrected chi connectivity index (χ0v) is 17.5. The topological polar surface area (TPSA) is 33.4 Å². The number of amidine groups is 1. The van der Waals surface area contributed by atoms with Crippen LogP contribution in [0.15, 0.2) is 65.9 Å². The minimum Gasteiger partial charge on any atom is -0.339 e. The molecule has 4 nitrogen and oxygen atoms in total. The Kier molecular flexibility index (Phi) is 4.62. The largest absolute Gasteiger partial charge is 0.339 e. The average molecular weight is 429 g/mol. The molecule has 0 N–H and O–H groups in total. The van der Waals surface area contributed by atoms with Crippen LogP contribution in [0.5, 0.6) is 0 Å². The van der Waals surface area contributed by atoms with E-state index in [-0.39, 0.29) is 12.1 Å². The third kappa shape index (κ3) is 3.02. The van der Waals surface area contributed by atoms with Crippen LogP contribution >= 0.6 is 35.0 Å². The maximum Gasteiger partial charge on any atom is 0.160 e. The molecule has 0 radical (unpaired) electrons. The molecule has 7 heteroatoms. The first-order valence-corrected chi connectivity index (χ1v) is 10.8. The highest BCUT2D eigenvalue weighted by molar-refractivity contribution is 8.14. The molecule has 142 valence electrons. The summed E-state index contributed by atoms with van der Waals surface area (Å²) in [5.74, 6) is 0. The Hall–Kier alpha value is -1.95. The van der Waals surface area contributed by atoms with Gasteiger partial charge in [0, 0.05) is 34.9 Å². The Bertz CT molecular complexity index is 1050. The van der Waals surface area contributed by atoms with Crippen molar-refractivity contribution in [1.82, 2.24) is 14.5 Å². The summed E-state index contributed by atoms with van der Waals surface area (Å²) in [5, 5.41) is 2.88. The molecule has 0 unspecified atom stereocenters. The Balaban J connectivity index is 1.62. The standard InChI is InChI=1S/C21H18Cl2N4S/c1-13-12-27-20(19(25-21(27)28-13)16-5-2-3-9-24-16)18-6-4-10-26(18)17-8-7-14(22)11-15(17)23/h2-11,13,19-20H,12H2,1H3/t13-,19-,20-/m0/s1. The van der Waals surface area contributed by atoms with E-state index in [1.54, 1.807) is 6.07 Å². The Morgan fingerprint density at radius 2 is 2.00 bits per heavy atom. The monoisotopic (exact) mass is 428 g/mol. The summed E-state index contributed by atoms with van der Waals surface area (Å²) in [7, 11) is 0. The van der Waals surface area contributed by atoms with Gasteiger partial charge in [-0.25, -0.2) is 0 Å². The summed E-state index contributed by atoms with van der Waals surface area (Å²) in [5.41, 5.74) is 3.05. The number of fused-ring (bicyclic) bond motifs is 1. The Labute approximate surface area is 178 Å². The second-order valence-electron chi connectivity index (χ2n) is 7.04. The summed E-state index contributed by atoms with van der Waals surface area (Å²) in [6.45, 7) is 3.21. The van der Waals surface area contributed by atoms with Crippen molar-refractivity contribution in [2.45, 2.75) is 24.3 Å². The van der Waals surface area contributed by atoms with Gasteiger partial charge in [-0.1, -0.05) is 48.0 Å². The van der Waals surface area contributed by atoms with Crippen molar-refractivity contribution in [2.75, 3.05) is 6.54 Å². The lowest BCUT2D eigenvalue weighted by Gasteiger charge is -2.28. The van der Waals surface area contributed by atoms with E-state index in [2.05, 4.69) is 39.6 Å². The number of pyridine rings is 1. The number of hydrogen-bond donors (Lipinski definition) is 0. The van der Waals surface area contributed by atoms with Gasteiger partial charge >= 0.3 is 0 Å². The molecule has 0 aliphatic carbocycles. The van der Waals surface area contributed by atoms with E-state index in [4.69, 9.17) is 28.2 Å². The van der Waals surface area contributed by atoms with Crippen molar-refractivity contribution in [2.24, 2.45) is 4.99 Å². The molecule has 3 aromatic rings. The smallest absolute Gasteiger partial charge is 0.160 e. The maximum absolute atomic E-state index is 6.52. The van der Waals surface area contributed by atoms with Crippen LogP contribution in [0.4, 0.5) is 0 Å². The van der Waals surface area contributed by atoms with Gasteiger partial charge in [0.15, 0.2) is 5.17 Å². The zero-order chi connectivity index (χ0) is 19.3. The van der Waals surface area contributed by atoms with Crippen LogP contribution in [0.1, 0.15) is 30.4 Å². The van der Waals surface area contributed by atoms with Gasteiger partial charge in [0.25, 0.3) is 0 Å². The van der Waals surface area contributed by atoms with Crippen LogP contribution in [0, 0.1) is 0 Å². The van der Waals surface area contributed by atoms with Crippen LogP contribution in [0.2, 0.25) is 10.0 Å². The number of aromatic nitrogens is 2. The summed E-state index contributed by atoms with van der Waals surface area (Å²) in [6.07, 6.45) is 3.88. The number of thioether (sulfide) groups is 1. The normalized spacial score (nSPS) is 23.8. The van der Waals surface area contributed by atoms with E-state index in [1.165, 1.54) is 0 Å². The molecular formula is C21H18Cl2N4S. The molecule has 4 heterocycles. The van der Waals surface area contributed by atoms with Gasteiger partial charge in [0.05, 0.1) is 22.4 Å². The third-order valence-electron chi connectivity index (χ3n) is 5.13. The van der Waals surface area contributed by atoms with Crippen LogP contribution < -0.4 is 0 Å². The quantitative estimate of drug-likeness (QED) is 0.530. The second-order valence-corrected chi connectivity index (χ2v) is 9.28. The van der Waals surface area contributed by atoms with Crippen molar-refractivity contribution >= 4 is 40.1 Å². The first-order valence-electron chi connectivity index (χ1n) is 9.16. The molecule has 1 aromatic carbocycles. The van der Waals surface area contributed by atoms with Crippen LogP contribution in [0.25, 0.3) is 5.69 Å². The summed E-state index contributed by atoms with van der Waals surface area (Å²) in [6, 6.07) is 15.9. The Morgan fingerprint density at radius 1 is 1.11 bits per heavy atom. The number of nitrogens with zero attached hydrogens (tertiary/aromatic N) is 4. The summed E-state index contributed by atoms with van der Waals surface area (Å²) < 4.78 is 2.14. The molecule has 3 atom stereocenters. The van der Waals surface area contributed by atoms with Gasteiger partial charge in [-0.2, -0.15) is 0 Å². The molecule has 28 heavy (non-hydrogen) atoms. The van der Waals surface area contributed by atoms with Crippen molar-refractivity contribution in [3.63, 3.8) is 0 Å². The predicted octanol–water partition coefficient (Wildman–Crippen LogP) is 5.77. The van der Waals surface area contributed by atoms with Crippen LogP contribution in [-0.4, -0.2) is 31.4 Å². The van der Waals surface area contributed by atoms with Gasteiger partial charge in [0.1, 0.15) is 6.04 Å². The van der Waals surface area contributed by atoms with Gasteiger partial charge in [-0.15, -0.1) is 0 Å². The van der Waals surface area contributed by atoms with Gasteiger partial charge < -0.3 is 9.47 Å². The molecule has 0 amide bonds. The molecule has 2 aromatic heterocycles. The molecule has 2 aliphatic heterocycles. The van der Waals surface area contributed by atoms with Crippen LogP contribution in [0.3, 0.4) is 0 Å². The van der Waals surface area contributed by atoms with E-state index in [1.807, 2.05) is 48.4 Å². The molecule has 2 aliphatic rings. The highest BCUT2D eigenvalue weighted by Crippen LogP contribution is 2.48. The molecule has 1 saturated heterocycles. The lowest BCUT2D eigenvalue weighted by molar-refractivity contribution is 0.312. The fraction of sp³-hybridized carbons (Fsp3) is 0.238. The molecule has 5 rings (SSSR count). The minimum atomic E-state index is -0.0454. The molecule has 1 fully saturated rings. The fourth-order valence-corrected chi connectivity index (χ4v) is 5.56. The fourth-order valence-electron chi connectivity index (χ4n) is 3.97. The number of rotatable bonds is 3. The van der Waals surface area contributed by atoms with Gasteiger partial charge in [-0.05, 0) is 42.5 Å². The first kappa shape index (κ1) is 18.1. The van der Waals surface area contributed by atoms with Crippen molar-refractivity contribution in [1.29, 1.82) is 0 Å². The van der Waals surface area contributed by atoms with E-state index in [0.717, 1.165) is 28.8 Å². The number of benzene rings is 1. The van der Waals surface area contributed by atoms with Gasteiger partial charge in [0.2, 0.25) is 0 Å². The molecule has 0 saturated carbocycles. The first-order chi connectivity index (χ1) is 13.6. The molecule has 0 bridgehead atoms. The highest BCUT2D eigenvalue weighted by Gasteiger charge is 2.44. The number of aliphatic imine (C=N–C) groups is 1. The van der Waals surface area contributed by atoms with E-state index in [0.29, 0.717) is 15.3 Å².